The summed E-state index contributed by atoms with van der Waals surface area (Å²) in [5.74, 6) is 1.96. The Balaban J connectivity index is 1.51. The molecule has 3 aromatic carbocycles. The van der Waals surface area contributed by atoms with Gasteiger partial charge in [-0.1, -0.05) is 41.1 Å². The van der Waals surface area contributed by atoms with E-state index in [4.69, 9.17) is 25.8 Å². The van der Waals surface area contributed by atoms with Gasteiger partial charge >= 0.3 is 0 Å². The highest BCUT2D eigenvalue weighted by molar-refractivity contribution is 7.99. The molecule has 0 aliphatic heterocycles. The van der Waals surface area contributed by atoms with E-state index in [2.05, 4.69) is 20.7 Å². The Morgan fingerprint density at radius 2 is 1.66 bits per heavy atom. The van der Waals surface area contributed by atoms with Crippen molar-refractivity contribution < 1.29 is 19.0 Å². The van der Waals surface area contributed by atoms with Gasteiger partial charge in [0.15, 0.2) is 11.0 Å². The number of rotatable bonds is 10. The summed E-state index contributed by atoms with van der Waals surface area (Å²) < 4.78 is 18.0. The fourth-order valence-electron chi connectivity index (χ4n) is 3.57. The zero-order chi connectivity index (χ0) is 27.1. The molecule has 0 fully saturated rings. The fourth-order valence-corrected chi connectivity index (χ4v) is 4.44. The number of carbonyl (C=O) groups is 1. The van der Waals surface area contributed by atoms with Crippen LogP contribution in [0.1, 0.15) is 11.1 Å². The van der Waals surface area contributed by atoms with Crippen LogP contribution in [0.15, 0.2) is 70.9 Å². The Bertz CT molecular complexity index is 1410. The summed E-state index contributed by atoms with van der Waals surface area (Å²) in [4.78, 5) is 12.6. The van der Waals surface area contributed by atoms with Crippen molar-refractivity contribution in [2.45, 2.75) is 12.1 Å². The number of methoxy groups -OCH3 is 3. The third kappa shape index (κ3) is 6.27. The van der Waals surface area contributed by atoms with Gasteiger partial charge in [-0.2, -0.15) is 5.10 Å². The molecule has 0 saturated carbocycles. The monoisotopic (exact) mass is 551 g/mol. The first-order valence-corrected chi connectivity index (χ1v) is 12.8. The van der Waals surface area contributed by atoms with Crippen LogP contribution >= 0.6 is 23.4 Å². The summed E-state index contributed by atoms with van der Waals surface area (Å²) in [6, 6.07) is 18.8. The largest absolute Gasteiger partial charge is 0.496 e. The van der Waals surface area contributed by atoms with Crippen LogP contribution in [0, 0.1) is 6.92 Å². The lowest BCUT2D eigenvalue weighted by Gasteiger charge is -2.12. The van der Waals surface area contributed by atoms with E-state index in [-0.39, 0.29) is 11.7 Å². The SMILES string of the molecule is COc1cc(OC)c(/C=N/NC(=O)CSc2nnc(-c3ccc(Cl)cc3)n2-c2ccc(C)cc2)c(OC)c1. The number of hydrogen-bond acceptors (Lipinski definition) is 8. The lowest BCUT2D eigenvalue weighted by molar-refractivity contribution is -0.118. The molecule has 1 aromatic heterocycles. The van der Waals surface area contributed by atoms with Gasteiger partial charge in [-0.15, -0.1) is 10.2 Å². The Hall–Kier alpha value is -4.02. The van der Waals surface area contributed by atoms with Crippen LogP contribution in [0.25, 0.3) is 17.1 Å². The highest BCUT2D eigenvalue weighted by Crippen LogP contribution is 2.33. The second-order valence-corrected chi connectivity index (χ2v) is 9.39. The van der Waals surface area contributed by atoms with Crippen molar-refractivity contribution in [3.63, 3.8) is 0 Å². The highest BCUT2D eigenvalue weighted by atomic mass is 35.5. The molecule has 1 N–H and O–H groups in total. The van der Waals surface area contributed by atoms with Crippen LogP contribution in [0.5, 0.6) is 17.2 Å². The van der Waals surface area contributed by atoms with Gasteiger partial charge in [0.2, 0.25) is 0 Å². The van der Waals surface area contributed by atoms with Crippen molar-refractivity contribution in [2.24, 2.45) is 5.10 Å². The van der Waals surface area contributed by atoms with E-state index in [0.29, 0.717) is 38.8 Å². The number of nitrogens with one attached hydrogen (secondary N) is 1. The number of halogens is 1. The number of benzene rings is 3. The lowest BCUT2D eigenvalue weighted by Crippen LogP contribution is -2.20. The Morgan fingerprint density at radius 1 is 1.00 bits per heavy atom. The topological polar surface area (TPSA) is 99.9 Å². The molecule has 0 spiro atoms. The van der Waals surface area contributed by atoms with Crippen LogP contribution in [-0.4, -0.2) is 54.0 Å². The van der Waals surface area contributed by atoms with Gasteiger partial charge in [-0.3, -0.25) is 9.36 Å². The number of thioether (sulfide) groups is 1. The van der Waals surface area contributed by atoms with Gasteiger partial charge < -0.3 is 14.2 Å². The van der Waals surface area contributed by atoms with Crippen molar-refractivity contribution in [1.29, 1.82) is 0 Å². The molecule has 38 heavy (non-hydrogen) atoms. The standard InChI is InChI=1S/C27H26ClN5O4S/c1-17-5-11-20(12-6-17)33-26(18-7-9-19(28)10-8-18)31-32-27(33)38-16-25(34)30-29-15-22-23(36-3)13-21(35-2)14-24(22)37-4/h5-15H,16H2,1-4H3,(H,30,34)/b29-15+. The minimum absolute atomic E-state index is 0.0683. The van der Waals surface area contributed by atoms with Crippen molar-refractivity contribution in [3.05, 3.63) is 76.8 Å². The van der Waals surface area contributed by atoms with E-state index in [0.717, 1.165) is 16.8 Å². The predicted octanol–water partition coefficient (Wildman–Crippen LogP) is 5.16. The van der Waals surface area contributed by atoms with E-state index in [1.54, 1.807) is 31.4 Å². The molecule has 0 atom stereocenters. The van der Waals surface area contributed by atoms with E-state index < -0.39 is 0 Å². The molecule has 9 nitrogen and oxygen atoms in total. The molecule has 0 aliphatic rings. The smallest absolute Gasteiger partial charge is 0.250 e. The van der Waals surface area contributed by atoms with Gasteiger partial charge in [0.25, 0.3) is 5.91 Å². The molecule has 4 rings (SSSR count). The lowest BCUT2D eigenvalue weighted by atomic mass is 10.2. The van der Waals surface area contributed by atoms with Crippen molar-refractivity contribution in [2.75, 3.05) is 27.1 Å². The molecule has 11 heteroatoms. The number of aromatic nitrogens is 3. The molecule has 0 bridgehead atoms. The van der Waals surface area contributed by atoms with E-state index >= 15 is 0 Å². The third-order valence-electron chi connectivity index (χ3n) is 5.50. The number of ether oxygens (including phenoxy) is 3. The highest BCUT2D eigenvalue weighted by Gasteiger charge is 2.18. The van der Waals surface area contributed by atoms with Gasteiger partial charge in [0.1, 0.15) is 17.2 Å². The Labute approximate surface area is 229 Å². The van der Waals surface area contributed by atoms with Gasteiger partial charge in [0.05, 0.1) is 38.9 Å². The minimum Gasteiger partial charge on any atom is -0.496 e. The maximum absolute atomic E-state index is 12.6. The third-order valence-corrected chi connectivity index (χ3v) is 6.68. The number of hydrogen-bond donors (Lipinski definition) is 1. The number of hydrazone groups is 1. The maximum atomic E-state index is 12.6. The number of carbonyl (C=O) groups excluding carboxylic acids is 1. The maximum Gasteiger partial charge on any atom is 0.250 e. The molecule has 4 aromatic rings. The predicted molar refractivity (Wildman–Crippen MR) is 149 cm³/mol. The first-order chi connectivity index (χ1) is 18.4. The van der Waals surface area contributed by atoms with Gasteiger partial charge in [-0.05, 0) is 43.3 Å². The fraction of sp³-hybridized carbons (Fsp3) is 0.185. The molecule has 0 unspecified atom stereocenters. The van der Waals surface area contributed by atoms with Crippen LogP contribution in [0.4, 0.5) is 0 Å². The van der Waals surface area contributed by atoms with Crippen molar-refractivity contribution >= 4 is 35.5 Å². The first kappa shape index (κ1) is 27.0. The van der Waals surface area contributed by atoms with Crippen molar-refractivity contribution in [1.82, 2.24) is 20.2 Å². The molecular weight excluding hydrogens is 526 g/mol. The van der Waals surface area contributed by atoms with Crippen LogP contribution in [0.3, 0.4) is 0 Å². The quantitative estimate of drug-likeness (QED) is 0.165. The van der Waals surface area contributed by atoms with Gasteiger partial charge in [-0.25, -0.2) is 5.43 Å². The van der Waals surface area contributed by atoms with Crippen molar-refractivity contribution in [3.8, 4) is 34.3 Å². The van der Waals surface area contributed by atoms with E-state index in [1.165, 1.54) is 32.2 Å². The molecule has 1 amide bonds. The first-order valence-electron chi connectivity index (χ1n) is 11.5. The minimum atomic E-state index is -0.316. The van der Waals surface area contributed by atoms with E-state index in [1.807, 2.05) is 47.9 Å². The average molecular weight is 552 g/mol. The Kier molecular flexibility index (Phi) is 8.88. The number of aryl methyl sites for hydroxylation is 1. The second-order valence-electron chi connectivity index (χ2n) is 8.01. The van der Waals surface area contributed by atoms with Gasteiger partial charge in [0, 0.05) is 28.4 Å². The second kappa shape index (κ2) is 12.5. The molecule has 1 heterocycles. The zero-order valence-electron chi connectivity index (χ0n) is 21.3. The number of amides is 1. The molecular formula is C27H26ClN5O4S. The van der Waals surface area contributed by atoms with Crippen LogP contribution < -0.4 is 19.6 Å². The summed E-state index contributed by atoms with van der Waals surface area (Å²) in [5, 5.41) is 14.0. The summed E-state index contributed by atoms with van der Waals surface area (Å²) >= 11 is 7.32. The normalized spacial score (nSPS) is 11.0. The number of nitrogens with zero attached hydrogens (tertiary/aromatic N) is 4. The summed E-state index contributed by atoms with van der Waals surface area (Å²) in [7, 11) is 4.62. The summed E-state index contributed by atoms with van der Waals surface area (Å²) in [6.45, 7) is 2.02. The summed E-state index contributed by atoms with van der Waals surface area (Å²) in [5.41, 5.74) is 5.97. The zero-order valence-corrected chi connectivity index (χ0v) is 22.8. The van der Waals surface area contributed by atoms with E-state index in [9.17, 15) is 4.79 Å². The Morgan fingerprint density at radius 3 is 2.26 bits per heavy atom. The molecule has 196 valence electrons. The van der Waals surface area contributed by atoms with Crippen LogP contribution in [-0.2, 0) is 4.79 Å². The molecule has 0 aliphatic carbocycles. The van der Waals surface area contributed by atoms with Crippen LogP contribution in [0.2, 0.25) is 5.02 Å². The molecule has 0 saturated heterocycles. The molecule has 0 radical (unpaired) electrons. The summed E-state index contributed by atoms with van der Waals surface area (Å²) in [6.07, 6.45) is 1.47. The average Bonchev–Trinajstić information content (AvgIpc) is 3.36.